The SMILES string of the molecule is Cc1ccc(C(=O)CS(=O)c2c(Cl)cccc2Cl)cc1. The minimum atomic E-state index is -1.56. The van der Waals surface area contributed by atoms with E-state index in [9.17, 15) is 9.00 Å². The summed E-state index contributed by atoms with van der Waals surface area (Å²) in [4.78, 5) is 12.4. The van der Waals surface area contributed by atoms with Gasteiger partial charge in [-0.15, -0.1) is 0 Å². The molecule has 20 heavy (non-hydrogen) atoms. The van der Waals surface area contributed by atoms with Gasteiger partial charge >= 0.3 is 0 Å². The summed E-state index contributed by atoms with van der Waals surface area (Å²) in [7, 11) is -1.56. The summed E-state index contributed by atoms with van der Waals surface area (Å²) in [6.07, 6.45) is 0. The van der Waals surface area contributed by atoms with Gasteiger partial charge in [-0.05, 0) is 19.1 Å². The predicted molar refractivity (Wildman–Crippen MR) is 83.2 cm³/mol. The molecule has 2 rings (SSSR count). The molecule has 0 aliphatic rings. The van der Waals surface area contributed by atoms with Crippen LogP contribution in [0.1, 0.15) is 15.9 Å². The van der Waals surface area contributed by atoms with Crippen LogP contribution in [0.15, 0.2) is 47.4 Å². The summed E-state index contributed by atoms with van der Waals surface area (Å²) >= 11 is 12.0. The fourth-order valence-electron chi connectivity index (χ4n) is 1.71. The third-order valence-corrected chi connectivity index (χ3v) is 5.06. The monoisotopic (exact) mass is 326 g/mol. The highest BCUT2D eigenvalue weighted by Crippen LogP contribution is 2.28. The van der Waals surface area contributed by atoms with Crippen molar-refractivity contribution >= 4 is 39.8 Å². The zero-order chi connectivity index (χ0) is 14.7. The minimum absolute atomic E-state index is 0.132. The zero-order valence-electron chi connectivity index (χ0n) is 10.7. The van der Waals surface area contributed by atoms with Crippen molar-refractivity contribution in [1.82, 2.24) is 0 Å². The number of halogens is 2. The van der Waals surface area contributed by atoms with E-state index in [0.29, 0.717) is 20.5 Å². The van der Waals surface area contributed by atoms with Crippen molar-refractivity contribution in [3.8, 4) is 0 Å². The molecule has 0 bridgehead atoms. The van der Waals surface area contributed by atoms with E-state index in [2.05, 4.69) is 0 Å². The highest BCUT2D eigenvalue weighted by molar-refractivity contribution is 7.86. The molecule has 0 heterocycles. The van der Waals surface area contributed by atoms with Gasteiger partial charge < -0.3 is 0 Å². The summed E-state index contributed by atoms with van der Waals surface area (Å²) in [5, 5.41) is 0.625. The fourth-order valence-corrected chi connectivity index (χ4v) is 3.75. The molecule has 0 spiro atoms. The lowest BCUT2D eigenvalue weighted by molar-refractivity contribution is 0.102. The number of hydrogen-bond donors (Lipinski definition) is 0. The molecule has 0 amide bonds. The van der Waals surface area contributed by atoms with Crippen LogP contribution in [-0.2, 0) is 10.8 Å². The van der Waals surface area contributed by atoms with Gasteiger partial charge in [0.25, 0.3) is 0 Å². The van der Waals surface area contributed by atoms with Crippen LogP contribution in [0.4, 0.5) is 0 Å². The van der Waals surface area contributed by atoms with Gasteiger partial charge in [-0.25, -0.2) is 0 Å². The Morgan fingerprint density at radius 3 is 2.15 bits per heavy atom. The normalized spacial score (nSPS) is 12.2. The van der Waals surface area contributed by atoms with Crippen LogP contribution in [0.2, 0.25) is 10.0 Å². The second-order valence-electron chi connectivity index (χ2n) is 4.33. The minimum Gasteiger partial charge on any atom is -0.293 e. The number of benzene rings is 2. The molecule has 0 saturated heterocycles. The third-order valence-electron chi connectivity index (χ3n) is 2.78. The van der Waals surface area contributed by atoms with Gasteiger partial charge in [-0.3, -0.25) is 9.00 Å². The number of carbonyl (C=O) groups excluding carboxylic acids is 1. The Hall–Kier alpha value is -1.16. The summed E-state index contributed by atoms with van der Waals surface area (Å²) < 4.78 is 12.3. The Labute approximate surface area is 130 Å². The quantitative estimate of drug-likeness (QED) is 0.785. The van der Waals surface area contributed by atoms with Gasteiger partial charge in [0.15, 0.2) is 5.78 Å². The van der Waals surface area contributed by atoms with E-state index >= 15 is 0 Å². The topological polar surface area (TPSA) is 34.1 Å². The molecule has 0 aliphatic carbocycles. The lowest BCUT2D eigenvalue weighted by Crippen LogP contribution is -2.11. The van der Waals surface area contributed by atoms with Crippen LogP contribution >= 0.6 is 23.2 Å². The molecule has 2 nitrogen and oxygen atoms in total. The molecule has 0 radical (unpaired) electrons. The van der Waals surface area contributed by atoms with Gasteiger partial charge in [-0.1, -0.05) is 59.1 Å². The van der Waals surface area contributed by atoms with Gasteiger partial charge in [0.1, 0.15) is 0 Å². The van der Waals surface area contributed by atoms with Crippen LogP contribution < -0.4 is 0 Å². The largest absolute Gasteiger partial charge is 0.293 e. The average molecular weight is 327 g/mol. The summed E-state index contributed by atoms with van der Waals surface area (Å²) in [6.45, 7) is 1.94. The highest BCUT2D eigenvalue weighted by atomic mass is 35.5. The molecule has 0 saturated carbocycles. The molecule has 0 aromatic heterocycles. The Balaban J connectivity index is 2.20. The zero-order valence-corrected chi connectivity index (χ0v) is 13.1. The first kappa shape index (κ1) is 15.2. The Bertz CT molecular complexity index is 646. The smallest absolute Gasteiger partial charge is 0.175 e. The maximum atomic E-state index is 12.3. The van der Waals surface area contributed by atoms with Gasteiger partial charge in [-0.2, -0.15) is 0 Å². The lowest BCUT2D eigenvalue weighted by atomic mass is 10.1. The number of hydrogen-bond acceptors (Lipinski definition) is 2. The standard InChI is InChI=1S/C15H12Cl2O2S/c1-10-5-7-11(8-6-10)14(18)9-20(19)15-12(16)3-2-4-13(15)17/h2-8H,9H2,1H3. The van der Waals surface area contributed by atoms with Crippen LogP contribution in [0, 0.1) is 6.92 Å². The summed E-state index contributed by atoms with van der Waals surface area (Å²) in [5.41, 5.74) is 1.60. The molecule has 1 unspecified atom stereocenters. The number of carbonyl (C=O) groups is 1. The van der Waals surface area contributed by atoms with Crippen molar-refractivity contribution in [3.63, 3.8) is 0 Å². The second-order valence-corrected chi connectivity index (χ2v) is 6.53. The maximum Gasteiger partial charge on any atom is 0.175 e. The Kier molecular flexibility index (Phi) is 4.97. The lowest BCUT2D eigenvalue weighted by Gasteiger charge is -2.06. The van der Waals surface area contributed by atoms with Crippen LogP contribution in [0.5, 0.6) is 0 Å². The van der Waals surface area contributed by atoms with E-state index in [4.69, 9.17) is 23.2 Å². The molecule has 104 valence electrons. The molecule has 2 aromatic carbocycles. The van der Waals surface area contributed by atoms with Crippen LogP contribution in [0.3, 0.4) is 0 Å². The highest BCUT2D eigenvalue weighted by Gasteiger charge is 2.17. The number of Topliss-reactive ketones (excluding diaryl/α,β-unsaturated/α-hetero) is 1. The van der Waals surface area contributed by atoms with Crippen molar-refractivity contribution in [2.45, 2.75) is 11.8 Å². The number of rotatable bonds is 4. The van der Waals surface area contributed by atoms with E-state index in [0.717, 1.165) is 5.56 Å². The van der Waals surface area contributed by atoms with Crippen molar-refractivity contribution < 1.29 is 9.00 Å². The third kappa shape index (κ3) is 3.48. The van der Waals surface area contributed by atoms with E-state index in [-0.39, 0.29) is 11.5 Å². The molecule has 2 aromatic rings. The molecule has 5 heteroatoms. The van der Waals surface area contributed by atoms with E-state index in [1.807, 2.05) is 19.1 Å². The van der Waals surface area contributed by atoms with Gasteiger partial charge in [0.05, 0.1) is 31.5 Å². The molecular weight excluding hydrogens is 315 g/mol. The first-order valence-corrected chi connectivity index (χ1v) is 7.99. The van der Waals surface area contributed by atoms with Crippen molar-refractivity contribution in [2.24, 2.45) is 0 Å². The molecule has 0 aliphatic heterocycles. The van der Waals surface area contributed by atoms with E-state index in [1.54, 1.807) is 30.3 Å². The Morgan fingerprint density at radius 1 is 1.05 bits per heavy atom. The molecule has 1 atom stereocenters. The summed E-state index contributed by atoms with van der Waals surface area (Å²) in [6, 6.07) is 12.0. The molecular formula is C15H12Cl2O2S. The van der Waals surface area contributed by atoms with Gasteiger partial charge in [0, 0.05) is 5.56 Å². The van der Waals surface area contributed by atoms with Crippen LogP contribution in [-0.4, -0.2) is 15.7 Å². The fraction of sp³-hybridized carbons (Fsp3) is 0.133. The van der Waals surface area contributed by atoms with E-state index in [1.165, 1.54) is 0 Å². The molecule has 0 fully saturated rings. The Morgan fingerprint density at radius 2 is 1.60 bits per heavy atom. The first-order valence-electron chi connectivity index (χ1n) is 5.91. The number of ketones is 1. The second kappa shape index (κ2) is 6.53. The summed E-state index contributed by atoms with van der Waals surface area (Å²) in [5.74, 6) is -0.328. The molecule has 0 N–H and O–H groups in total. The number of aryl methyl sites for hydroxylation is 1. The van der Waals surface area contributed by atoms with E-state index < -0.39 is 10.8 Å². The predicted octanol–water partition coefficient (Wildman–Crippen LogP) is 4.29. The van der Waals surface area contributed by atoms with Crippen molar-refractivity contribution in [1.29, 1.82) is 0 Å². The van der Waals surface area contributed by atoms with Crippen molar-refractivity contribution in [3.05, 3.63) is 63.6 Å². The van der Waals surface area contributed by atoms with Crippen molar-refractivity contribution in [2.75, 3.05) is 5.75 Å². The maximum absolute atomic E-state index is 12.3. The van der Waals surface area contributed by atoms with Gasteiger partial charge in [0.2, 0.25) is 0 Å². The first-order chi connectivity index (χ1) is 9.49. The average Bonchev–Trinajstić information content (AvgIpc) is 2.39. The van der Waals surface area contributed by atoms with Crippen LogP contribution in [0.25, 0.3) is 0 Å².